The van der Waals surface area contributed by atoms with Crippen LogP contribution in [-0.4, -0.2) is 10.9 Å². The Kier molecular flexibility index (Phi) is 3.01. The molecule has 0 aromatic carbocycles. The zero-order valence-electron chi connectivity index (χ0n) is 8.16. The standard InChI is InChI=1S/C10H14N2O/c1-7(2)10(13)12-9-8(3)5-4-6-11-9/h4-7H,1-3H3,(H,11,12,13). The van der Waals surface area contributed by atoms with Gasteiger partial charge in [0.2, 0.25) is 5.91 Å². The SMILES string of the molecule is Cc1cccnc1NC(=O)C(C)C. The van der Waals surface area contributed by atoms with Crippen molar-refractivity contribution in [2.24, 2.45) is 5.92 Å². The molecule has 1 heterocycles. The topological polar surface area (TPSA) is 42.0 Å². The van der Waals surface area contributed by atoms with E-state index in [1.54, 1.807) is 6.20 Å². The summed E-state index contributed by atoms with van der Waals surface area (Å²) >= 11 is 0. The summed E-state index contributed by atoms with van der Waals surface area (Å²) in [5, 5.41) is 2.76. The summed E-state index contributed by atoms with van der Waals surface area (Å²) in [6, 6.07) is 3.77. The molecule has 0 fully saturated rings. The molecule has 0 bridgehead atoms. The van der Waals surface area contributed by atoms with Gasteiger partial charge in [-0.05, 0) is 18.6 Å². The molecule has 3 nitrogen and oxygen atoms in total. The fourth-order valence-corrected chi connectivity index (χ4v) is 0.878. The molecule has 0 aliphatic rings. The second-order valence-corrected chi connectivity index (χ2v) is 3.31. The lowest BCUT2D eigenvalue weighted by Crippen LogP contribution is -2.19. The molecule has 1 aromatic rings. The molecule has 1 aromatic heterocycles. The summed E-state index contributed by atoms with van der Waals surface area (Å²) in [5.74, 6) is 0.643. The lowest BCUT2D eigenvalue weighted by atomic mass is 10.2. The van der Waals surface area contributed by atoms with E-state index in [2.05, 4.69) is 10.3 Å². The molecular weight excluding hydrogens is 164 g/mol. The molecule has 0 atom stereocenters. The maximum atomic E-state index is 11.3. The van der Waals surface area contributed by atoms with Gasteiger partial charge >= 0.3 is 0 Å². The van der Waals surface area contributed by atoms with Crippen LogP contribution in [0.5, 0.6) is 0 Å². The first-order valence-electron chi connectivity index (χ1n) is 4.33. The first-order valence-corrected chi connectivity index (χ1v) is 4.33. The monoisotopic (exact) mass is 178 g/mol. The van der Waals surface area contributed by atoms with Crippen LogP contribution in [0.4, 0.5) is 5.82 Å². The third kappa shape index (κ3) is 2.54. The highest BCUT2D eigenvalue weighted by Gasteiger charge is 2.08. The summed E-state index contributed by atoms with van der Waals surface area (Å²) in [6.07, 6.45) is 1.67. The van der Waals surface area contributed by atoms with Crippen LogP contribution < -0.4 is 5.32 Å². The van der Waals surface area contributed by atoms with Gasteiger partial charge in [-0.15, -0.1) is 0 Å². The molecule has 1 N–H and O–H groups in total. The van der Waals surface area contributed by atoms with Crippen LogP contribution in [0.1, 0.15) is 19.4 Å². The summed E-state index contributed by atoms with van der Waals surface area (Å²) < 4.78 is 0. The van der Waals surface area contributed by atoms with Crippen molar-refractivity contribution in [1.29, 1.82) is 0 Å². The van der Waals surface area contributed by atoms with Gasteiger partial charge in [0, 0.05) is 12.1 Å². The van der Waals surface area contributed by atoms with Crippen LogP contribution in [0.2, 0.25) is 0 Å². The second-order valence-electron chi connectivity index (χ2n) is 3.31. The molecule has 0 saturated heterocycles. The highest BCUT2D eigenvalue weighted by Crippen LogP contribution is 2.10. The lowest BCUT2D eigenvalue weighted by Gasteiger charge is -2.08. The molecule has 0 spiro atoms. The fourth-order valence-electron chi connectivity index (χ4n) is 0.878. The number of anilines is 1. The van der Waals surface area contributed by atoms with Gasteiger partial charge in [-0.1, -0.05) is 19.9 Å². The average molecular weight is 178 g/mol. The summed E-state index contributed by atoms with van der Waals surface area (Å²) in [6.45, 7) is 5.63. The normalized spacial score (nSPS) is 10.2. The van der Waals surface area contributed by atoms with E-state index >= 15 is 0 Å². The van der Waals surface area contributed by atoms with Crippen molar-refractivity contribution >= 4 is 11.7 Å². The van der Waals surface area contributed by atoms with Crippen molar-refractivity contribution in [1.82, 2.24) is 4.98 Å². The zero-order chi connectivity index (χ0) is 9.84. The first-order chi connectivity index (χ1) is 6.11. The molecule has 0 unspecified atom stereocenters. The highest BCUT2D eigenvalue weighted by atomic mass is 16.1. The summed E-state index contributed by atoms with van der Waals surface area (Å²) in [7, 11) is 0. The van der Waals surface area contributed by atoms with E-state index in [-0.39, 0.29) is 11.8 Å². The number of nitrogens with zero attached hydrogens (tertiary/aromatic N) is 1. The van der Waals surface area contributed by atoms with E-state index in [0.29, 0.717) is 5.82 Å². The van der Waals surface area contributed by atoms with E-state index in [0.717, 1.165) is 5.56 Å². The Morgan fingerprint density at radius 2 is 2.23 bits per heavy atom. The maximum Gasteiger partial charge on any atom is 0.228 e. The van der Waals surface area contributed by atoms with E-state index in [9.17, 15) is 4.79 Å². The molecule has 1 rings (SSSR count). The van der Waals surface area contributed by atoms with Gasteiger partial charge in [-0.25, -0.2) is 4.98 Å². The largest absolute Gasteiger partial charge is 0.310 e. The number of rotatable bonds is 2. The Balaban J connectivity index is 2.75. The Labute approximate surface area is 78.2 Å². The van der Waals surface area contributed by atoms with Crippen LogP contribution in [0, 0.1) is 12.8 Å². The van der Waals surface area contributed by atoms with Crippen LogP contribution in [0.25, 0.3) is 0 Å². The van der Waals surface area contributed by atoms with Crippen LogP contribution >= 0.6 is 0 Å². The van der Waals surface area contributed by atoms with Crippen molar-refractivity contribution in [2.75, 3.05) is 5.32 Å². The van der Waals surface area contributed by atoms with Gasteiger partial charge in [0.1, 0.15) is 5.82 Å². The Morgan fingerprint density at radius 3 is 2.77 bits per heavy atom. The number of aryl methyl sites for hydroxylation is 1. The van der Waals surface area contributed by atoms with Gasteiger partial charge in [-0.2, -0.15) is 0 Å². The Bertz CT molecular complexity index is 308. The number of nitrogens with one attached hydrogen (secondary N) is 1. The van der Waals surface area contributed by atoms with Crippen molar-refractivity contribution in [2.45, 2.75) is 20.8 Å². The number of pyridine rings is 1. The number of hydrogen-bond donors (Lipinski definition) is 1. The molecule has 70 valence electrons. The van der Waals surface area contributed by atoms with Crippen LogP contribution in [-0.2, 0) is 4.79 Å². The minimum atomic E-state index is -0.0126. The molecule has 1 amide bonds. The van der Waals surface area contributed by atoms with E-state index in [4.69, 9.17) is 0 Å². The van der Waals surface area contributed by atoms with Crippen molar-refractivity contribution in [3.8, 4) is 0 Å². The van der Waals surface area contributed by atoms with Gasteiger partial charge < -0.3 is 5.32 Å². The Morgan fingerprint density at radius 1 is 1.54 bits per heavy atom. The van der Waals surface area contributed by atoms with Gasteiger partial charge in [-0.3, -0.25) is 4.79 Å². The lowest BCUT2D eigenvalue weighted by molar-refractivity contribution is -0.118. The predicted octanol–water partition coefficient (Wildman–Crippen LogP) is 1.98. The maximum absolute atomic E-state index is 11.3. The molecule has 13 heavy (non-hydrogen) atoms. The van der Waals surface area contributed by atoms with Crippen molar-refractivity contribution < 1.29 is 4.79 Å². The minimum absolute atomic E-state index is 0.00167. The van der Waals surface area contributed by atoms with E-state index in [1.807, 2.05) is 32.9 Å². The number of carbonyl (C=O) groups excluding carboxylic acids is 1. The van der Waals surface area contributed by atoms with Gasteiger partial charge in [0.25, 0.3) is 0 Å². The second kappa shape index (κ2) is 4.03. The number of hydrogen-bond acceptors (Lipinski definition) is 2. The molecular formula is C10H14N2O. The summed E-state index contributed by atoms with van der Waals surface area (Å²) in [4.78, 5) is 15.4. The first kappa shape index (κ1) is 9.71. The molecule has 3 heteroatoms. The third-order valence-electron chi connectivity index (χ3n) is 1.78. The van der Waals surface area contributed by atoms with Crippen LogP contribution in [0.15, 0.2) is 18.3 Å². The van der Waals surface area contributed by atoms with Gasteiger partial charge in [0.15, 0.2) is 0 Å². The third-order valence-corrected chi connectivity index (χ3v) is 1.78. The quantitative estimate of drug-likeness (QED) is 0.752. The van der Waals surface area contributed by atoms with Crippen molar-refractivity contribution in [3.63, 3.8) is 0 Å². The zero-order valence-corrected chi connectivity index (χ0v) is 8.16. The summed E-state index contributed by atoms with van der Waals surface area (Å²) in [5.41, 5.74) is 0.983. The minimum Gasteiger partial charge on any atom is -0.310 e. The number of amides is 1. The number of aromatic nitrogens is 1. The smallest absolute Gasteiger partial charge is 0.228 e. The molecule has 0 radical (unpaired) electrons. The van der Waals surface area contributed by atoms with Crippen LogP contribution in [0.3, 0.4) is 0 Å². The highest BCUT2D eigenvalue weighted by molar-refractivity contribution is 5.91. The molecule has 0 saturated carbocycles. The van der Waals surface area contributed by atoms with Crippen molar-refractivity contribution in [3.05, 3.63) is 23.9 Å². The molecule has 0 aliphatic heterocycles. The average Bonchev–Trinajstić information content (AvgIpc) is 2.08. The number of carbonyl (C=O) groups is 1. The molecule has 0 aliphatic carbocycles. The fraction of sp³-hybridized carbons (Fsp3) is 0.400. The predicted molar refractivity (Wildman–Crippen MR) is 52.4 cm³/mol. The van der Waals surface area contributed by atoms with E-state index < -0.39 is 0 Å². The Hall–Kier alpha value is -1.38. The van der Waals surface area contributed by atoms with Gasteiger partial charge in [0.05, 0.1) is 0 Å². The van der Waals surface area contributed by atoms with E-state index in [1.165, 1.54) is 0 Å².